The molecule has 2 aliphatic rings. The molecule has 1 heterocycles. The number of carbonyl (C=O) groups excluding carboxylic acids is 1. The van der Waals surface area contributed by atoms with Crippen molar-refractivity contribution in [2.75, 3.05) is 6.61 Å². The minimum absolute atomic E-state index is 0.317. The van der Waals surface area contributed by atoms with Crippen molar-refractivity contribution >= 4 is 6.09 Å². The molecule has 2 aromatic rings. The van der Waals surface area contributed by atoms with Gasteiger partial charge in [0.2, 0.25) is 0 Å². The highest BCUT2D eigenvalue weighted by molar-refractivity contribution is 5.72. The Morgan fingerprint density at radius 1 is 1.00 bits per heavy atom. The van der Waals surface area contributed by atoms with Gasteiger partial charge < -0.3 is 9.47 Å². The molecule has 4 nitrogen and oxygen atoms in total. The van der Waals surface area contributed by atoms with Crippen LogP contribution in [0.3, 0.4) is 0 Å². The number of nitrogens with zero attached hydrogens (tertiary/aromatic N) is 1. The van der Waals surface area contributed by atoms with Crippen molar-refractivity contribution in [3.8, 4) is 0 Å². The van der Waals surface area contributed by atoms with Gasteiger partial charge in [0.1, 0.15) is 0 Å². The summed E-state index contributed by atoms with van der Waals surface area (Å²) in [6.45, 7) is 3.12. The molecule has 4 rings (SSSR count). The van der Waals surface area contributed by atoms with Crippen LogP contribution in [0.2, 0.25) is 0 Å². The van der Waals surface area contributed by atoms with Crippen LogP contribution in [0.15, 0.2) is 60.7 Å². The fraction of sp³-hybridized carbons (Fsp3) is 0.480. The molecule has 0 bridgehead atoms. The largest absolute Gasteiger partial charge is 0.436 e. The summed E-state index contributed by atoms with van der Waals surface area (Å²) in [6, 6.07) is 20.0. The van der Waals surface area contributed by atoms with E-state index in [1.807, 2.05) is 67.6 Å². The highest BCUT2D eigenvalue weighted by Crippen LogP contribution is 2.43. The van der Waals surface area contributed by atoms with Gasteiger partial charge in [0, 0.05) is 6.61 Å². The number of hydrogen-bond acceptors (Lipinski definition) is 3. The van der Waals surface area contributed by atoms with Crippen molar-refractivity contribution in [3.63, 3.8) is 0 Å². The Labute approximate surface area is 173 Å². The standard InChI is InChI=1S/C25H31NO3/c1-25(28-18-17-20-11-5-2-6-12-20)23(22-15-9-4-10-16-22)29-24(27)26(25)19-21-13-7-3-8-14-21/h3-4,7-10,13-16,20,23H,2,5-6,11-12,17-19H2,1H3. The molecule has 0 aromatic heterocycles. The third-order valence-electron chi connectivity index (χ3n) is 6.39. The maximum absolute atomic E-state index is 12.9. The van der Waals surface area contributed by atoms with E-state index in [2.05, 4.69) is 0 Å². The molecular weight excluding hydrogens is 362 g/mol. The van der Waals surface area contributed by atoms with Gasteiger partial charge in [-0.1, -0.05) is 92.8 Å². The second-order valence-corrected chi connectivity index (χ2v) is 8.44. The lowest BCUT2D eigenvalue weighted by Gasteiger charge is -2.36. The van der Waals surface area contributed by atoms with Crippen LogP contribution < -0.4 is 0 Å². The van der Waals surface area contributed by atoms with Gasteiger partial charge in [-0.05, 0) is 30.4 Å². The Balaban J connectivity index is 1.54. The van der Waals surface area contributed by atoms with E-state index in [1.165, 1.54) is 32.1 Å². The van der Waals surface area contributed by atoms with E-state index < -0.39 is 11.8 Å². The highest BCUT2D eigenvalue weighted by atomic mass is 16.6. The van der Waals surface area contributed by atoms with Crippen molar-refractivity contribution < 1.29 is 14.3 Å². The van der Waals surface area contributed by atoms with Crippen LogP contribution in [0.4, 0.5) is 4.79 Å². The fourth-order valence-corrected chi connectivity index (χ4v) is 4.65. The minimum Gasteiger partial charge on any atom is -0.436 e. The summed E-state index contributed by atoms with van der Waals surface area (Å²) in [5, 5.41) is 0. The lowest BCUT2D eigenvalue weighted by molar-refractivity contribution is -0.145. The van der Waals surface area contributed by atoms with Crippen LogP contribution in [0.25, 0.3) is 0 Å². The van der Waals surface area contributed by atoms with Crippen LogP contribution in [0.5, 0.6) is 0 Å². The van der Waals surface area contributed by atoms with Crippen LogP contribution in [0, 0.1) is 5.92 Å². The lowest BCUT2D eigenvalue weighted by Crippen LogP contribution is -2.48. The molecule has 2 atom stereocenters. The molecular formula is C25H31NO3. The number of hydrogen-bond donors (Lipinski definition) is 0. The van der Waals surface area contributed by atoms with Gasteiger partial charge in [-0.2, -0.15) is 0 Å². The molecule has 1 amide bonds. The first-order chi connectivity index (χ1) is 14.2. The molecule has 2 aromatic carbocycles. The van der Waals surface area contributed by atoms with Crippen molar-refractivity contribution in [2.24, 2.45) is 5.92 Å². The normalized spacial score (nSPS) is 25.2. The maximum atomic E-state index is 12.9. The average Bonchev–Trinajstić information content (AvgIpc) is 3.01. The third-order valence-corrected chi connectivity index (χ3v) is 6.39. The van der Waals surface area contributed by atoms with Crippen LogP contribution >= 0.6 is 0 Å². The van der Waals surface area contributed by atoms with Gasteiger partial charge in [0.05, 0.1) is 6.54 Å². The van der Waals surface area contributed by atoms with E-state index in [4.69, 9.17) is 9.47 Å². The SMILES string of the molecule is CC1(OCCC2CCCCC2)C(c2ccccc2)OC(=O)N1Cc1ccccc1. The first-order valence-electron chi connectivity index (χ1n) is 10.9. The molecule has 0 radical (unpaired) electrons. The molecule has 2 fully saturated rings. The molecule has 1 saturated heterocycles. The van der Waals surface area contributed by atoms with Crippen LogP contribution in [0.1, 0.15) is 62.7 Å². The van der Waals surface area contributed by atoms with Gasteiger partial charge in [-0.25, -0.2) is 4.79 Å². The van der Waals surface area contributed by atoms with Crippen molar-refractivity contribution in [1.82, 2.24) is 4.90 Å². The predicted octanol–water partition coefficient (Wildman–Crippen LogP) is 6.08. The summed E-state index contributed by atoms with van der Waals surface area (Å²) in [5.41, 5.74) is 1.21. The lowest BCUT2D eigenvalue weighted by atomic mass is 9.87. The Bertz CT molecular complexity index is 788. The smallest absolute Gasteiger partial charge is 0.413 e. The van der Waals surface area contributed by atoms with Gasteiger partial charge in [0.15, 0.2) is 11.8 Å². The van der Waals surface area contributed by atoms with E-state index in [0.29, 0.717) is 13.2 Å². The summed E-state index contributed by atoms with van der Waals surface area (Å²) in [7, 11) is 0. The zero-order valence-corrected chi connectivity index (χ0v) is 17.3. The molecule has 2 unspecified atom stereocenters. The van der Waals surface area contributed by atoms with E-state index in [0.717, 1.165) is 23.5 Å². The Kier molecular flexibility index (Phi) is 6.19. The van der Waals surface area contributed by atoms with Crippen molar-refractivity contribution in [3.05, 3.63) is 71.8 Å². The molecule has 1 aliphatic heterocycles. The summed E-state index contributed by atoms with van der Waals surface area (Å²) >= 11 is 0. The number of benzene rings is 2. The molecule has 0 spiro atoms. The van der Waals surface area contributed by atoms with Gasteiger partial charge in [-0.15, -0.1) is 0 Å². The quantitative estimate of drug-likeness (QED) is 0.572. The zero-order chi connectivity index (χ0) is 20.1. The van der Waals surface area contributed by atoms with E-state index in [9.17, 15) is 4.79 Å². The summed E-state index contributed by atoms with van der Waals surface area (Å²) in [6.07, 6.45) is 6.90. The average molecular weight is 394 g/mol. The number of ether oxygens (including phenoxy) is 2. The van der Waals surface area contributed by atoms with Crippen LogP contribution in [-0.2, 0) is 16.0 Å². The predicted molar refractivity (Wildman–Crippen MR) is 113 cm³/mol. The highest BCUT2D eigenvalue weighted by Gasteiger charge is 2.53. The van der Waals surface area contributed by atoms with E-state index >= 15 is 0 Å². The van der Waals surface area contributed by atoms with E-state index in [1.54, 1.807) is 4.90 Å². The van der Waals surface area contributed by atoms with Crippen molar-refractivity contribution in [1.29, 1.82) is 0 Å². The molecule has 1 saturated carbocycles. The molecule has 4 heteroatoms. The minimum atomic E-state index is -0.830. The Morgan fingerprint density at radius 2 is 1.66 bits per heavy atom. The molecule has 0 N–H and O–H groups in total. The molecule has 29 heavy (non-hydrogen) atoms. The summed E-state index contributed by atoms with van der Waals surface area (Å²) in [4.78, 5) is 14.6. The van der Waals surface area contributed by atoms with E-state index in [-0.39, 0.29) is 6.09 Å². The van der Waals surface area contributed by atoms with Gasteiger partial charge in [0.25, 0.3) is 0 Å². The first kappa shape index (κ1) is 20.0. The number of carbonyl (C=O) groups is 1. The monoisotopic (exact) mass is 393 g/mol. The number of amides is 1. The van der Waals surface area contributed by atoms with Crippen LogP contribution in [-0.4, -0.2) is 23.3 Å². The number of rotatable bonds is 7. The zero-order valence-electron chi connectivity index (χ0n) is 17.3. The Morgan fingerprint density at radius 3 is 2.34 bits per heavy atom. The summed E-state index contributed by atoms with van der Waals surface area (Å²) in [5.74, 6) is 0.739. The Hall–Kier alpha value is -2.33. The van der Waals surface area contributed by atoms with Gasteiger partial charge in [-0.3, -0.25) is 4.90 Å². The first-order valence-corrected chi connectivity index (χ1v) is 10.9. The van der Waals surface area contributed by atoms with Crippen molar-refractivity contribution in [2.45, 2.75) is 63.8 Å². The molecule has 154 valence electrons. The topological polar surface area (TPSA) is 38.8 Å². The maximum Gasteiger partial charge on any atom is 0.413 e. The van der Waals surface area contributed by atoms with Gasteiger partial charge >= 0.3 is 6.09 Å². The number of cyclic esters (lactones) is 1. The second kappa shape index (κ2) is 9.00. The fourth-order valence-electron chi connectivity index (χ4n) is 4.65. The second-order valence-electron chi connectivity index (χ2n) is 8.44. The molecule has 1 aliphatic carbocycles. The summed E-state index contributed by atoms with van der Waals surface area (Å²) < 4.78 is 12.3. The third kappa shape index (κ3) is 4.48.